The van der Waals surface area contributed by atoms with E-state index < -0.39 is 0 Å². The molecule has 0 aliphatic heterocycles. The van der Waals surface area contributed by atoms with E-state index in [1.54, 1.807) is 12.1 Å². The fourth-order valence-electron chi connectivity index (χ4n) is 2.21. The Morgan fingerprint density at radius 3 is 2.56 bits per heavy atom. The van der Waals surface area contributed by atoms with Gasteiger partial charge in [0.1, 0.15) is 5.82 Å². The SMILES string of the molecule is CCNC(Cc1cc(Cl)ccc1F)CC(C)(C)C. The van der Waals surface area contributed by atoms with Gasteiger partial charge in [0.25, 0.3) is 0 Å². The third-order valence-corrected chi connectivity index (χ3v) is 3.06. The molecular weight excluding hydrogens is 249 g/mol. The molecule has 0 aliphatic carbocycles. The zero-order valence-corrected chi connectivity index (χ0v) is 12.4. The molecule has 1 rings (SSSR count). The van der Waals surface area contributed by atoms with Gasteiger partial charge >= 0.3 is 0 Å². The number of halogens is 2. The summed E-state index contributed by atoms with van der Waals surface area (Å²) in [5, 5.41) is 4.02. The summed E-state index contributed by atoms with van der Waals surface area (Å²) < 4.78 is 13.7. The molecule has 1 N–H and O–H groups in total. The molecular formula is C15H23ClFN. The van der Waals surface area contributed by atoms with Crippen LogP contribution >= 0.6 is 11.6 Å². The van der Waals surface area contributed by atoms with Gasteiger partial charge in [-0.2, -0.15) is 0 Å². The minimum atomic E-state index is -0.170. The van der Waals surface area contributed by atoms with Crippen molar-refractivity contribution < 1.29 is 4.39 Å². The summed E-state index contributed by atoms with van der Waals surface area (Å²) in [5.74, 6) is -0.170. The summed E-state index contributed by atoms with van der Waals surface area (Å²) in [5.41, 5.74) is 0.916. The van der Waals surface area contributed by atoms with E-state index in [0.29, 0.717) is 17.0 Å². The van der Waals surface area contributed by atoms with Crippen molar-refractivity contribution in [3.8, 4) is 0 Å². The maximum Gasteiger partial charge on any atom is 0.126 e. The molecule has 0 saturated carbocycles. The molecule has 0 saturated heterocycles. The van der Waals surface area contributed by atoms with Gasteiger partial charge in [0.05, 0.1) is 0 Å². The summed E-state index contributed by atoms with van der Waals surface area (Å²) in [6.45, 7) is 9.57. The number of hydrogen-bond donors (Lipinski definition) is 1. The fourth-order valence-corrected chi connectivity index (χ4v) is 2.40. The average molecular weight is 272 g/mol. The summed E-state index contributed by atoms with van der Waals surface area (Å²) in [6.07, 6.45) is 1.68. The fraction of sp³-hybridized carbons (Fsp3) is 0.600. The number of rotatable bonds is 5. The molecule has 1 aromatic carbocycles. The van der Waals surface area contributed by atoms with Gasteiger partial charge in [-0.25, -0.2) is 4.39 Å². The molecule has 18 heavy (non-hydrogen) atoms. The highest BCUT2D eigenvalue weighted by molar-refractivity contribution is 6.30. The first kappa shape index (κ1) is 15.5. The van der Waals surface area contributed by atoms with Crippen molar-refractivity contribution >= 4 is 11.6 Å². The second kappa shape index (κ2) is 6.53. The molecule has 0 heterocycles. The first-order chi connectivity index (χ1) is 8.31. The molecule has 102 valence electrons. The number of benzene rings is 1. The molecule has 1 atom stereocenters. The molecule has 0 aromatic heterocycles. The van der Waals surface area contributed by atoms with Crippen LogP contribution in [0.15, 0.2) is 18.2 Å². The lowest BCUT2D eigenvalue weighted by atomic mass is 9.86. The van der Waals surface area contributed by atoms with Crippen LogP contribution in [0.25, 0.3) is 0 Å². The normalized spacial score (nSPS) is 13.7. The highest BCUT2D eigenvalue weighted by Gasteiger charge is 2.19. The van der Waals surface area contributed by atoms with E-state index in [1.807, 2.05) is 0 Å². The molecule has 0 amide bonds. The second-order valence-electron chi connectivity index (χ2n) is 5.96. The molecule has 0 radical (unpaired) electrons. The Balaban J connectivity index is 2.79. The maximum atomic E-state index is 13.7. The average Bonchev–Trinajstić information content (AvgIpc) is 2.21. The topological polar surface area (TPSA) is 12.0 Å². The van der Waals surface area contributed by atoms with Gasteiger partial charge in [0.15, 0.2) is 0 Å². The Hall–Kier alpha value is -0.600. The van der Waals surface area contributed by atoms with Crippen LogP contribution in [-0.2, 0) is 6.42 Å². The second-order valence-corrected chi connectivity index (χ2v) is 6.40. The maximum absolute atomic E-state index is 13.7. The Morgan fingerprint density at radius 1 is 1.33 bits per heavy atom. The van der Waals surface area contributed by atoms with Crippen LogP contribution in [0.5, 0.6) is 0 Å². The zero-order chi connectivity index (χ0) is 13.8. The lowest BCUT2D eigenvalue weighted by Gasteiger charge is -2.27. The number of hydrogen-bond acceptors (Lipinski definition) is 1. The van der Waals surface area contributed by atoms with Gasteiger partial charge in [-0.05, 0) is 48.6 Å². The minimum Gasteiger partial charge on any atom is -0.314 e. The third-order valence-electron chi connectivity index (χ3n) is 2.83. The largest absolute Gasteiger partial charge is 0.314 e. The van der Waals surface area contributed by atoms with Crippen molar-refractivity contribution in [3.05, 3.63) is 34.6 Å². The van der Waals surface area contributed by atoms with E-state index in [0.717, 1.165) is 13.0 Å². The Morgan fingerprint density at radius 2 is 2.00 bits per heavy atom. The summed E-state index contributed by atoms with van der Waals surface area (Å²) in [4.78, 5) is 0. The lowest BCUT2D eigenvalue weighted by molar-refractivity contribution is 0.308. The molecule has 0 bridgehead atoms. The van der Waals surface area contributed by atoms with E-state index in [-0.39, 0.29) is 17.3 Å². The third kappa shape index (κ3) is 5.36. The van der Waals surface area contributed by atoms with Gasteiger partial charge in [-0.15, -0.1) is 0 Å². The van der Waals surface area contributed by atoms with Gasteiger partial charge in [-0.3, -0.25) is 0 Å². The highest BCUT2D eigenvalue weighted by Crippen LogP contribution is 2.24. The summed E-state index contributed by atoms with van der Waals surface area (Å²) in [6, 6.07) is 5.04. The Bertz CT molecular complexity index is 385. The first-order valence-corrected chi connectivity index (χ1v) is 6.87. The van der Waals surface area contributed by atoms with Gasteiger partial charge < -0.3 is 5.32 Å². The smallest absolute Gasteiger partial charge is 0.126 e. The van der Waals surface area contributed by atoms with Crippen LogP contribution in [0, 0.1) is 11.2 Å². The van der Waals surface area contributed by atoms with E-state index in [1.165, 1.54) is 6.07 Å². The van der Waals surface area contributed by atoms with Crippen molar-refractivity contribution in [2.75, 3.05) is 6.54 Å². The van der Waals surface area contributed by atoms with E-state index in [9.17, 15) is 4.39 Å². The van der Waals surface area contributed by atoms with Crippen LogP contribution in [0.4, 0.5) is 4.39 Å². The Kier molecular flexibility index (Phi) is 5.61. The highest BCUT2D eigenvalue weighted by atomic mass is 35.5. The van der Waals surface area contributed by atoms with Crippen molar-refractivity contribution in [2.45, 2.75) is 46.6 Å². The van der Waals surface area contributed by atoms with Crippen LogP contribution in [0.2, 0.25) is 5.02 Å². The van der Waals surface area contributed by atoms with Gasteiger partial charge in [-0.1, -0.05) is 39.3 Å². The summed E-state index contributed by atoms with van der Waals surface area (Å²) >= 11 is 5.92. The molecule has 1 aromatic rings. The molecule has 0 aliphatic rings. The monoisotopic (exact) mass is 271 g/mol. The molecule has 1 nitrogen and oxygen atoms in total. The van der Waals surface area contributed by atoms with Crippen LogP contribution in [0.1, 0.15) is 39.7 Å². The van der Waals surface area contributed by atoms with Gasteiger partial charge in [0, 0.05) is 11.1 Å². The van der Waals surface area contributed by atoms with Crippen LogP contribution in [-0.4, -0.2) is 12.6 Å². The van der Waals surface area contributed by atoms with Gasteiger partial charge in [0.2, 0.25) is 0 Å². The van der Waals surface area contributed by atoms with Crippen molar-refractivity contribution in [3.63, 3.8) is 0 Å². The van der Waals surface area contributed by atoms with E-state index in [2.05, 4.69) is 33.0 Å². The molecule has 3 heteroatoms. The molecule has 0 fully saturated rings. The van der Waals surface area contributed by atoms with Crippen LogP contribution in [0.3, 0.4) is 0 Å². The van der Waals surface area contributed by atoms with Crippen LogP contribution < -0.4 is 5.32 Å². The first-order valence-electron chi connectivity index (χ1n) is 6.49. The standard InChI is InChI=1S/C15H23ClFN/c1-5-18-13(10-15(2,3)4)9-11-8-12(16)6-7-14(11)17/h6-8,13,18H,5,9-10H2,1-4H3. The Labute approximate surface area is 115 Å². The zero-order valence-electron chi connectivity index (χ0n) is 11.7. The number of likely N-dealkylation sites (N-methyl/N-ethyl adjacent to an activating group) is 1. The predicted octanol–water partition coefficient (Wildman–Crippen LogP) is 4.44. The van der Waals surface area contributed by atoms with E-state index >= 15 is 0 Å². The summed E-state index contributed by atoms with van der Waals surface area (Å²) in [7, 11) is 0. The minimum absolute atomic E-state index is 0.170. The number of nitrogens with one attached hydrogen (secondary N) is 1. The quantitative estimate of drug-likeness (QED) is 0.835. The van der Waals surface area contributed by atoms with Crippen molar-refractivity contribution in [1.82, 2.24) is 5.32 Å². The van der Waals surface area contributed by atoms with Crippen molar-refractivity contribution in [2.24, 2.45) is 5.41 Å². The molecule has 0 spiro atoms. The lowest BCUT2D eigenvalue weighted by Crippen LogP contribution is -2.34. The van der Waals surface area contributed by atoms with Crippen molar-refractivity contribution in [1.29, 1.82) is 0 Å². The van der Waals surface area contributed by atoms with E-state index in [4.69, 9.17) is 11.6 Å². The predicted molar refractivity (Wildman–Crippen MR) is 76.7 cm³/mol. The molecule has 1 unspecified atom stereocenters.